The van der Waals surface area contributed by atoms with E-state index >= 15 is 0 Å². The van der Waals surface area contributed by atoms with Gasteiger partial charge in [0.05, 0.1) is 0 Å². The van der Waals surface area contributed by atoms with Crippen molar-refractivity contribution in [3.8, 4) is 0 Å². The minimum Gasteiger partial charge on any atom is -0.299 e. The molecule has 0 saturated carbocycles. The van der Waals surface area contributed by atoms with Crippen LogP contribution in [0.3, 0.4) is 0 Å². The molecular formula is C13H24O. The zero-order valence-electron chi connectivity index (χ0n) is 9.72. The molecule has 0 aromatic carbocycles. The minimum atomic E-state index is 0.885. The molecule has 0 aromatic heterocycles. The lowest BCUT2D eigenvalue weighted by atomic mass is 10.1. The summed E-state index contributed by atoms with van der Waals surface area (Å²) in [4.78, 5) is 10.1. The van der Waals surface area contributed by atoms with E-state index in [2.05, 4.69) is 6.92 Å². The molecule has 0 rings (SSSR count). The molecule has 0 unspecified atom stereocenters. The third-order valence-electron chi connectivity index (χ3n) is 2.53. The fourth-order valence-corrected chi connectivity index (χ4v) is 1.56. The molecule has 0 aliphatic rings. The number of carbonyl (C=O) groups excluding carboxylic acids is 1. The van der Waals surface area contributed by atoms with Crippen molar-refractivity contribution >= 4 is 6.29 Å². The molecule has 1 nitrogen and oxygen atoms in total. The Morgan fingerprint density at radius 1 is 1.00 bits per heavy atom. The third kappa shape index (κ3) is 9.50. The Balaban J connectivity index is 3.13. The van der Waals surface area contributed by atoms with Crippen LogP contribution in [0.4, 0.5) is 0 Å². The summed E-state index contributed by atoms with van der Waals surface area (Å²) in [5, 5.41) is 0. The van der Waals surface area contributed by atoms with Crippen LogP contribution >= 0.6 is 0 Å². The van der Waals surface area contributed by atoms with Gasteiger partial charge in [-0.25, -0.2) is 0 Å². The molecule has 0 amide bonds. The number of aldehydes is 1. The normalized spacial score (nSPS) is 11.7. The predicted molar refractivity (Wildman–Crippen MR) is 62.4 cm³/mol. The average molecular weight is 196 g/mol. The van der Waals surface area contributed by atoms with Gasteiger partial charge in [0, 0.05) is 0 Å². The van der Waals surface area contributed by atoms with Gasteiger partial charge in [-0.3, -0.25) is 4.79 Å². The molecule has 0 spiro atoms. The van der Waals surface area contributed by atoms with Crippen LogP contribution in [0.5, 0.6) is 0 Å². The van der Waals surface area contributed by atoms with Gasteiger partial charge >= 0.3 is 0 Å². The van der Waals surface area contributed by atoms with E-state index in [0.717, 1.165) is 12.7 Å². The molecule has 0 radical (unpaired) electrons. The van der Waals surface area contributed by atoms with E-state index in [-0.39, 0.29) is 0 Å². The van der Waals surface area contributed by atoms with Crippen molar-refractivity contribution in [2.24, 2.45) is 0 Å². The average Bonchev–Trinajstić information content (AvgIpc) is 2.17. The second kappa shape index (κ2) is 10.5. The van der Waals surface area contributed by atoms with Crippen molar-refractivity contribution < 1.29 is 4.79 Å². The number of rotatable bonds is 9. The number of allylic oxidation sites excluding steroid dienone is 2. The van der Waals surface area contributed by atoms with Crippen LogP contribution in [0.2, 0.25) is 0 Å². The van der Waals surface area contributed by atoms with E-state index in [4.69, 9.17) is 0 Å². The van der Waals surface area contributed by atoms with Crippen molar-refractivity contribution in [1.82, 2.24) is 0 Å². The van der Waals surface area contributed by atoms with Gasteiger partial charge in [-0.2, -0.15) is 0 Å². The first-order chi connectivity index (χ1) is 6.81. The highest BCUT2D eigenvalue weighted by molar-refractivity contribution is 5.65. The van der Waals surface area contributed by atoms with E-state index in [1.54, 1.807) is 6.08 Å². The number of unbranched alkanes of at least 4 members (excludes halogenated alkanes) is 6. The molecule has 0 aromatic rings. The summed E-state index contributed by atoms with van der Waals surface area (Å²) in [6.07, 6.45) is 13.0. The Morgan fingerprint density at radius 3 is 2.14 bits per heavy atom. The Hall–Kier alpha value is -0.590. The lowest BCUT2D eigenvalue weighted by Gasteiger charge is -2.01. The van der Waals surface area contributed by atoms with Crippen LogP contribution in [-0.2, 0) is 4.79 Å². The first-order valence-corrected chi connectivity index (χ1v) is 5.92. The van der Waals surface area contributed by atoms with Gasteiger partial charge in [0.25, 0.3) is 0 Å². The van der Waals surface area contributed by atoms with Gasteiger partial charge in [0.15, 0.2) is 0 Å². The summed E-state index contributed by atoms with van der Waals surface area (Å²) in [5.74, 6) is 0. The van der Waals surface area contributed by atoms with E-state index in [0.29, 0.717) is 0 Å². The maximum atomic E-state index is 10.1. The van der Waals surface area contributed by atoms with Crippen molar-refractivity contribution in [1.29, 1.82) is 0 Å². The maximum absolute atomic E-state index is 10.1. The molecule has 0 atom stereocenters. The Bertz CT molecular complexity index is 159. The van der Waals surface area contributed by atoms with Crippen LogP contribution in [0.15, 0.2) is 11.6 Å². The quantitative estimate of drug-likeness (QED) is 0.306. The van der Waals surface area contributed by atoms with E-state index < -0.39 is 0 Å². The molecular weight excluding hydrogens is 172 g/mol. The standard InChI is InChI=1S/C13H24O/c1-3-4-5-6-7-8-9-10-13(2)11-12-14/h11-12H,3-10H2,1-2H3/b13-11-. The van der Waals surface area contributed by atoms with Crippen molar-refractivity contribution in [3.63, 3.8) is 0 Å². The summed E-state index contributed by atoms with van der Waals surface area (Å²) in [7, 11) is 0. The van der Waals surface area contributed by atoms with E-state index in [1.165, 1.54) is 50.5 Å². The monoisotopic (exact) mass is 196 g/mol. The first kappa shape index (κ1) is 13.4. The number of carbonyl (C=O) groups is 1. The largest absolute Gasteiger partial charge is 0.299 e. The Morgan fingerprint density at radius 2 is 1.57 bits per heavy atom. The Labute approximate surface area is 88.6 Å². The summed E-state index contributed by atoms with van der Waals surface area (Å²) in [6.45, 7) is 4.28. The van der Waals surface area contributed by atoms with Crippen LogP contribution < -0.4 is 0 Å². The van der Waals surface area contributed by atoms with Gasteiger partial charge in [-0.1, -0.05) is 51.0 Å². The summed E-state index contributed by atoms with van der Waals surface area (Å²) in [6, 6.07) is 0. The fourth-order valence-electron chi connectivity index (χ4n) is 1.56. The van der Waals surface area contributed by atoms with Crippen molar-refractivity contribution in [2.45, 2.75) is 65.2 Å². The molecule has 1 heteroatoms. The van der Waals surface area contributed by atoms with Gasteiger partial charge in [-0.15, -0.1) is 0 Å². The first-order valence-electron chi connectivity index (χ1n) is 5.92. The molecule has 0 saturated heterocycles. The molecule has 0 aliphatic heterocycles. The minimum absolute atomic E-state index is 0.885. The molecule has 0 aliphatic carbocycles. The lowest BCUT2D eigenvalue weighted by Crippen LogP contribution is -1.82. The zero-order valence-corrected chi connectivity index (χ0v) is 9.72. The van der Waals surface area contributed by atoms with Crippen molar-refractivity contribution in [2.75, 3.05) is 0 Å². The van der Waals surface area contributed by atoms with E-state index in [1.807, 2.05) is 6.92 Å². The van der Waals surface area contributed by atoms with E-state index in [9.17, 15) is 4.79 Å². The molecule has 82 valence electrons. The van der Waals surface area contributed by atoms with Crippen LogP contribution in [0.1, 0.15) is 65.2 Å². The highest BCUT2D eigenvalue weighted by Gasteiger charge is 1.92. The molecule has 0 heterocycles. The third-order valence-corrected chi connectivity index (χ3v) is 2.53. The van der Waals surface area contributed by atoms with Crippen LogP contribution in [0.25, 0.3) is 0 Å². The second-order valence-corrected chi connectivity index (χ2v) is 4.02. The molecule has 0 N–H and O–H groups in total. The smallest absolute Gasteiger partial charge is 0.142 e. The SMILES string of the molecule is CCCCCCCCC/C(C)=C\C=O. The fraction of sp³-hybridized carbons (Fsp3) is 0.769. The highest BCUT2D eigenvalue weighted by atomic mass is 16.1. The second-order valence-electron chi connectivity index (χ2n) is 4.02. The highest BCUT2D eigenvalue weighted by Crippen LogP contribution is 2.11. The van der Waals surface area contributed by atoms with Crippen LogP contribution in [0, 0.1) is 0 Å². The predicted octanol–water partition coefficient (Wildman–Crippen LogP) is 4.27. The van der Waals surface area contributed by atoms with Gasteiger partial charge in [-0.05, 0) is 25.8 Å². The lowest BCUT2D eigenvalue weighted by molar-refractivity contribution is -0.104. The molecule has 14 heavy (non-hydrogen) atoms. The number of hydrogen-bond donors (Lipinski definition) is 0. The summed E-state index contributed by atoms with van der Waals surface area (Å²) in [5.41, 5.74) is 1.22. The van der Waals surface area contributed by atoms with Crippen molar-refractivity contribution in [3.05, 3.63) is 11.6 Å². The molecule has 0 fully saturated rings. The van der Waals surface area contributed by atoms with Gasteiger partial charge in [0.2, 0.25) is 0 Å². The molecule has 0 bridgehead atoms. The number of hydrogen-bond acceptors (Lipinski definition) is 1. The maximum Gasteiger partial charge on any atom is 0.142 e. The van der Waals surface area contributed by atoms with Gasteiger partial charge < -0.3 is 0 Å². The summed E-state index contributed by atoms with van der Waals surface area (Å²) >= 11 is 0. The van der Waals surface area contributed by atoms with Crippen LogP contribution in [-0.4, -0.2) is 6.29 Å². The Kier molecular flexibility index (Phi) is 10.0. The van der Waals surface area contributed by atoms with Gasteiger partial charge in [0.1, 0.15) is 6.29 Å². The topological polar surface area (TPSA) is 17.1 Å². The summed E-state index contributed by atoms with van der Waals surface area (Å²) < 4.78 is 0. The zero-order chi connectivity index (χ0) is 10.6.